The van der Waals surface area contributed by atoms with Crippen molar-refractivity contribution < 1.29 is 18.0 Å². The van der Waals surface area contributed by atoms with E-state index >= 15 is 0 Å². The Morgan fingerprint density at radius 3 is 2.50 bits per heavy atom. The summed E-state index contributed by atoms with van der Waals surface area (Å²) in [4.78, 5) is 16.6. The van der Waals surface area contributed by atoms with Crippen LogP contribution < -0.4 is 0 Å². The number of nitrogens with zero attached hydrogens (tertiary/aromatic N) is 3. The lowest BCUT2D eigenvalue weighted by Gasteiger charge is -2.34. The summed E-state index contributed by atoms with van der Waals surface area (Å²) in [5.74, 6) is -0.106. The van der Waals surface area contributed by atoms with Crippen molar-refractivity contribution in [2.75, 3.05) is 20.2 Å². The Bertz CT molecular complexity index is 890. The van der Waals surface area contributed by atoms with Crippen molar-refractivity contribution in [1.29, 1.82) is 0 Å². The van der Waals surface area contributed by atoms with Gasteiger partial charge < -0.3 is 4.74 Å². The maximum absolute atomic E-state index is 13.3. The van der Waals surface area contributed by atoms with E-state index in [-0.39, 0.29) is 12.5 Å². The van der Waals surface area contributed by atoms with E-state index in [1.165, 1.54) is 12.7 Å². The number of hydroxylamine groups is 2. The fourth-order valence-electron chi connectivity index (χ4n) is 3.89. The third-order valence-electron chi connectivity index (χ3n) is 5.60. The molecule has 7 nitrogen and oxygen atoms in total. The second-order valence-electron chi connectivity index (χ2n) is 8.19. The molecular weight excluding hydrogens is 494 g/mol. The van der Waals surface area contributed by atoms with Crippen molar-refractivity contribution in [1.82, 2.24) is 14.4 Å². The quantitative estimate of drug-likeness (QED) is 0.458. The molecule has 1 aliphatic rings. The minimum Gasteiger partial charge on any atom is -0.468 e. The molecule has 0 radical (unpaired) electrons. The lowest BCUT2D eigenvalue weighted by atomic mass is 9.90. The Balaban J connectivity index is 1.68. The third kappa shape index (κ3) is 6.68. The number of ether oxygens (including phenoxy) is 1. The number of methoxy groups -OCH3 is 1. The molecule has 1 fully saturated rings. The zero-order chi connectivity index (χ0) is 23.1. The Morgan fingerprint density at radius 2 is 1.94 bits per heavy atom. The van der Waals surface area contributed by atoms with Crippen LogP contribution in [0.5, 0.6) is 0 Å². The van der Waals surface area contributed by atoms with Gasteiger partial charge in [-0.15, -0.1) is 0 Å². The molecule has 2 unspecified atom stereocenters. The number of pyridine rings is 1. The van der Waals surface area contributed by atoms with E-state index < -0.39 is 23.3 Å². The zero-order valence-electron chi connectivity index (χ0n) is 18.6. The summed E-state index contributed by atoms with van der Waals surface area (Å²) in [6.45, 7) is 5.39. The van der Waals surface area contributed by atoms with Gasteiger partial charge in [0.2, 0.25) is 0 Å². The average Bonchev–Trinajstić information content (AvgIpc) is 2.80. The standard InChI is InChI=1S/C23H30BrN3O4S/c1-17(2)22(23(28)30-3)27(16-18-5-4-12-25-15-18)32(29)31-26-13-10-20(11-14-26)19-6-8-21(24)9-7-19/h4-9,12,15,17,20,22H,10-11,13-14,16H2,1-3H3. The van der Waals surface area contributed by atoms with Gasteiger partial charge in [0.25, 0.3) is 11.3 Å². The molecule has 0 N–H and O–H groups in total. The van der Waals surface area contributed by atoms with Gasteiger partial charge in [-0.1, -0.05) is 48.0 Å². The lowest BCUT2D eigenvalue weighted by Crippen LogP contribution is -2.48. The first-order valence-corrected chi connectivity index (χ1v) is 12.6. The Labute approximate surface area is 201 Å². The number of rotatable bonds is 9. The molecule has 2 heterocycles. The number of hydrogen-bond donors (Lipinski definition) is 0. The second kappa shape index (κ2) is 12.0. The maximum atomic E-state index is 13.3. The van der Waals surface area contributed by atoms with Crippen LogP contribution in [0.3, 0.4) is 0 Å². The number of carbonyl (C=O) groups excluding carboxylic acids is 1. The molecule has 1 aliphatic heterocycles. The van der Waals surface area contributed by atoms with Crippen LogP contribution in [0.2, 0.25) is 0 Å². The molecule has 0 amide bonds. The van der Waals surface area contributed by atoms with Crippen LogP contribution in [0.25, 0.3) is 0 Å². The van der Waals surface area contributed by atoms with Crippen LogP contribution in [0.4, 0.5) is 0 Å². The molecule has 174 valence electrons. The first-order valence-electron chi connectivity index (χ1n) is 10.7. The molecule has 0 bridgehead atoms. The summed E-state index contributed by atoms with van der Waals surface area (Å²) >= 11 is 1.61. The van der Waals surface area contributed by atoms with Crippen molar-refractivity contribution >= 4 is 33.2 Å². The summed E-state index contributed by atoms with van der Waals surface area (Å²) in [6, 6.07) is 11.4. The Kier molecular flexibility index (Phi) is 9.36. The molecule has 3 rings (SSSR count). The van der Waals surface area contributed by atoms with Gasteiger partial charge in [-0.05, 0) is 54.0 Å². The Hall–Kier alpha value is -1.65. The summed E-state index contributed by atoms with van der Waals surface area (Å²) in [6.07, 6.45) is 5.19. The number of piperidine rings is 1. The summed E-state index contributed by atoms with van der Waals surface area (Å²) < 4.78 is 26.8. The van der Waals surface area contributed by atoms with Gasteiger partial charge in [0.05, 0.1) is 7.11 Å². The van der Waals surface area contributed by atoms with E-state index in [2.05, 4.69) is 45.2 Å². The number of carbonyl (C=O) groups is 1. The second-order valence-corrected chi connectivity index (χ2v) is 10.2. The number of benzene rings is 1. The highest BCUT2D eigenvalue weighted by molar-refractivity contribution is 9.10. The van der Waals surface area contributed by atoms with Crippen LogP contribution in [0, 0.1) is 5.92 Å². The highest BCUT2D eigenvalue weighted by Crippen LogP contribution is 2.30. The summed E-state index contributed by atoms with van der Waals surface area (Å²) in [5.41, 5.74) is 2.14. The molecule has 0 aliphatic carbocycles. The molecule has 1 saturated heterocycles. The van der Waals surface area contributed by atoms with Gasteiger partial charge in [0, 0.05) is 36.5 Å². The predicted octanol–water partition coefficient (Wildman–Crippen LogP) is 4.23. The van der Waals surface area contributed by atoms with Gasteiger partial charge in [-0.3, -0.25) is 9.78 Å². The number of esters is 1. The van der Waals surface area contributed by atoms with E-state index in [0.717, 1.165) is 22.9 Å². The molecule has 1 aromatic heterocycles. The van der Waals surface area contributed by atoms with Crippen LogP contribution in [0.1, 0.15) is 43.7 Å². The molecule has 2 aromatic rings. The van der Waals surface area contributed by atoms with E-state index in [9.17, 15) is 9.00 Å². The molecule has 32 heavy (non-hydrogen) atoms. The van der Waals surface area contributed by atoms with Crippen molar-refractivity contribution in [3.05, 3.63) is 64.4 Å². The monoisotopic (exact) mass is 523 g/mol. The molecule has 0 saturated carbocycles. The van der Waals surface area contributed by atoms with E-state index in [4.69, 9.17) is 9.02 Å². The fourth-order valence-corrected chi connectivity index (χ4v) is 5.34. The average molecular weight is 524 g/mol. The summed E-state index contributed by atoms with van der Waals surface area (Å²) in [7, 11) is 1.34. The topological polar surface area (TPSA) is 72.0 Å². The number of halogens is 1. The van der Waals surface area contributed by atoms with Crippen LogP contribution in [0.15, 0.2) is 53.3 Å². The SMILES string of the molecule is COC(=O)C(C(C)C)N(Cc1cccnc1)S(=O)ON1CCC(c2ccc(Br)cc2)CC1. The van der Waals surface area contributed by atoms with Crippen molar-refractivity contribution in [2.45, 2.75) is 45.2 Å². The van der Waals surface area contributed by atoms with E-state index in [0.29, 0.717) is 19.0 Å². The smallest absolute Gasteiger partial charge is 0.324 e. The number of aromatic nitrogens is 1. The predicted molar refractivity (Wildman–Crippen MR) is 127 cm³/mol. The summed E-state index contributed by atoms with van der Waals surface area (Å²) in [5, 5.41) is 1.75. The van der Waals surface area contributed by atoms with Gasteiger partial charge in [0.1, 0.15) is 6.04 Å². The first-order chi connectivity index (χ1) is 15.4. The highest BCUT2D eigenvalue weighted by atomic mass is 79.9. The fraction of sp³-hybridized carbons (Fsp3) is 0.478. The maximum Gasteiger partial charge on any atom is 0.324 e. The van der Waals surface area contributed by atoms with Crippen LogP contribution in [-0.2, 0) is 31.6 Å². The molecular formula is C23H30BrN3O4S. The van der Waals surface area contributed by atoms with Crippen molar-refractivity contribution in [3.63, 3.8) is 0 Å². The number of hydrogen-bond acceptors (Lipinski definition) is 6. The normalized spacial score (nSPS) is 17.4. The minimum absolute atomic E-state index is 0.116. The molecule has 0 spiro atoms. The lowest BCUT2D eigenvalue weighted by molar-refractivity contribution is -0.147. The van der Waals surface area contributed by atoms with Crippen LogP contribution >= 0.6 is 15.9 Å². The van der Waals surface area contributed by atoms with Crippen molar-refractivity contribution in [2.24, 2.45) is 5.92 Å². The first kappa shape index (κ1) is 25.0. The van der Waals surface area contributed by atoms with Gasteiger partial charge in [0.15, 0.2) is 0 Å². The minimum atomic E-state index is -1.86. The molecule has 2 atom stereocenters. The van der Waals surface area contributed by atoms with E-state index in [1.807, 2.05) is 26.0 Å². The van der Waals surface area contributed by atoms with Gasteiger partial charge in [-0.25, -0.2) is 4.21 Å². The largest absolute Gasteiger partial charge is 0.468 e. The third-order valence-corrected chi connectivity index (χ3v) is 7.21. The van der Waals surface area contributed by atoms with Gasteiger partial charge >= 0.3 is 5.97 Å². The van der Waals surface area contributed by atoms with E-state index in [1.54, 1.807) is 21.8 Å². The van der Waals surface area contributed by atoms with Crippen LogP contribution in [-0.4, -0.2) is 50.8 Å². The molecule has 1 aromatic carbocycles. The highest BCUT2D eigenvalue weighted by Gasteiger charge is 2.36. The van der Waals surface area contributed by atoms with Gasteiger partial charge in [-0.2, -0.15) is 13.7 Å². The molecule has 9 heteroatoms. The van der Waals surface area contributed by atoms with Crippen molar-refractivity contribution in [3.8, 4) is 0 Å². The Morgan fingerprint density at radius 1 is 1.25 bits per heavy atom. The zero-order valence-corrected chi connectivity index (χ0v) is 21.0.